The maximum atomic E-state index is 11.1. The number of benzene rings is 1. The molecule has 0 aromatic heterocycles. The molecular weight excluding hydrogens is 228 g/mol. The molecule has 1 aromatic rings. The third-order valence-corrected chi connectivity index (χ3v) is 2.95. The minimum absolute atomic E-state index is 0.165. The summed E-state index contributed by atoms with van der Waals surface area (Å²) in [6.07, 6.45) is 4.58. The maximum Gasteiger partial charge on any atom is 0.306 e. The summed E-state index contributed by atoms with van der Waals surface area (Å²) in [7, 11) is 1.42. The normalized spacial score (nSPS) is 15.1. The summed E-state index contributed by atoms with van der Waals surface area (Å²) in [4.78, 5) is 11.1. The maximum absolute atomic E-state index is 11.1. The lowest BCUT2D eigenvalue weighted by molar-refractivity contribution is -0.141. The number of methoxy groups -OCH3 is 1. The van der Waals surface area contributed by atoms with Crippen LogP contribution in [0.5, 0.6) is 0 Å². The molecule has 0 unspecified atom stereocenters. The van der Waals surface area contributed by atoms with Crippen molar-refractivity contribution in [3.63, 3.8) is 0 Å². The zero-order chi connectivity index (χ0) is 12.8. The van der Waals surface area contributed by atoms with E-state index in [4.69, 9.17) is 0 Å². The first kappa shape index (κ1) is 12.6. The van der Waals surface area contributed by atoms with Crippen LogP contribution in [0.2, 0.25) is 0 Å². The summed E-state index contributed by atoms with van der Waals surface area (Å²) in [5, 5.41) is 4.28. The number of ether oxygens (including phenoxy) is 1. The molecule has 96 valence electrons. The Balaban J connectivity index is 1.87. The monoisotopic (exact) mass is 246 g/mol. The molecule has 0 atom stereocenters. The third kappa shape index (κ3) is 3.34. The van der Waals surface area contributed by atoms with Gasteiger partial charge in [0, 0.05) is 19.3 Å². The lowest BCUT2D eigenvalue weighted by Gasteiger charge is -2.28. The van der Waals surface area contributed by atoms with Gasteiger partial charge < -0.3 is 9.75 Å². The van der Waals surface area contributed by atoms with Crippen LogP contribution < -0.4 is 0 Å². The van der Waals surface area contributed by atoms with Gasteiger partial charge in [0.15, 0.2) is 0 Å². The fourth-order valence-electron chi connectivity index (χ4n) is 1.95. The number of hydrogen-bond donors (Lipinski definition) is 0. The number of hydrazine groups is 1. The van der Waals surface area contributed by atoms with Gasteiger partial charge in [0.05, 0.1) is 20.1 Å². The van der Waals surface area contributed by atoms with Crippen molar-refractivity contribution in [3.8, 4) is 0 Å². The summed E-state index contributed by atoms with van der Waals surface area (Å²) in [6, 6.07) is 10.3. The SMILES string of the molecule is COC(=O)CCN1CC=CN1Cc1ccccc1. The second-order valence-corrected chi connectivity index (χ2v) is 4.21. The van der Waals surface area contributed by atoms with Crippen LogP contribution in [0.4, 0.5) is 0 Å². The predicted octanol–water partition coefficient (Wildman–Crippen LogP) is 1.80. The second-order valence-electron chi connectivity index (χ2n) is 4.21. The van der Waals surface area contributed by atoms with Crippen LogP contribution in [0.1, 0.15) is 12.0 Å². The molecular formula is C14H18N2O2. The quantitative estimate of drug-likeness (QED) is 0.742. The van der Waals surface area contributed by atoms with E-state index in [1.165, 1.54) is 12.7 Å². The van der Waals surface area contributed by atoms with E-state index >= 15 is 0 Å². The van der Waals surface area contributed by atoms with Gasteiger partial charge in [-0.25, -0.2) is 5.01 Å². The van der Waals surface area contributed by atoms with E-state index in [-0.39, 0.29) is 5.97 Å². The second kappa shape index (κ2) is 6.21. The van der Waals surface area contributed by atoms with Gasteiger partial charge >= 0.3 is 5.97 Å². The fraction of sp³-hybridized carbons (Fsp3) is 0.357. The van der Waals surface area contributed by atoms with E-state index in [2.05, 4.69) is 39.2 Å². The van der Waals surface area contributed by atoms with Gasteiger partial charge in [0.1, 0.15) is 0 Å². The van der Waals surface area contributed by atoms with Crippen LogP contribution in [0.15, 0.2) is 42.6 Å². The van der Waals surface area contributed by atoms with E-state index in [9.17, 15) is 4.79 Å². The Labute approximate surface area is 107 Å². The van der Waals surface area contributed by atoms with Crippen molar-refractivity contribution in [2.45, 2.75) is 13.0 Å². The number of esters is 1. The Hall–Kier alpha value is -1.81. The standard InChI is InChI=1S/C14H18N2O2/c1-18-14(17)8-11-15-9-5-10-16(15)12-13-6-3-2-4-7-13/h2-7,10H,8-9,11-12H2,1H3. The van der Waals surface area contributed by atoms with Gasteiger partial charge in [-0.3, -0.25) is 4.79 Å². The number of nitrogens with zero attached hydrogens (tertiary/aromatic N) is 2. The Morgan fingerprint density at radius 2 is 2.11 bits per heavy atom. The number of rotatable bonds is 5. The smallest absolute Gasteiger partial charge is 0.306 e. The minimum atomic E-state index is -0.165. The molecule has 0 spiro atoms. The zero-order valence-corrected chi connectivity index (χ0v) is 10.6. The molecule has 18 heavy (non-hydrogen) atoms. The highest BCUT2D eigenvalue weighted by Crippen LogP contribution is 2.13. The summed E-state index contributed by atoms with van der Waals surface area (Å²) in [5.41, 5.74) is 1.26. The van der Waals surface area contributed by atoms with Gasteiger partial charge in [0.2, 0.25) is 0 Å². The van der Waals surface area contributed by atoms with E-state index in [0.717, 1.165) is 13.1 Å². The summed E-state index contributed by atoms with van der Waals surface area (Å²) >= 11 is 0. The van der Waals surface area contributed by atoms with Crippen molar-refractivity contribution in [2.75, 3.05) is 20.2 Å². The zero-order valence-electron chi connectivity index (χ0n) is 10.6. The van der Waals surface area contributed by atoms with Crippen LogP contribution in [0.3, 0.4) is 0 Å². The van der Waals surface area contributed by atoms with Crippen molar-refractivity contribution in [3.05, 3.63) is 48.2 Å². The van der Waals surface area contributed by atoms with E-state index in [1.807, 2.05) is 18.2 Å². The molecule has 0 N–H and O–H groups in total. The van der Waals surface area contributed by atoms with Crippen LogP contribution in [-0.2, 0) is 16.1 Å². The summed E-state index contributed by atoms with van der Waals surface area (Å²) < 4.78 is 4.66. The van der Waals surface area contributed by atoms with Gasteiger partial charge in [-0.2, -0.15) is 0 Å². The molecule has 1 aliphatic rings. The molecule has 1 heterocycles. The highest BCUT2D eigenvalue weighted by molar-refractivity contribution is 5.69. The molecule has 0 radical (unpaired) electrons. The molecule has 0 amide bonds. The lowest BCUT2D eigenvalue weighted by atomic mass is 10.2. The molecule has 4 nitrogen and oxygen atoms in total. The van der Waals surface area contributed by atoms with Crippen LogP contribution in [-0.4, -0.2) is 36.2 Å². The first-order valence-corrected chi connectivity index (χ1v) is 6.08. The number of carbonyl (C=O) groups is 1. The largest absolute Gasteiger partial charge is 0.469 e. The van der Waals surface area contributed by atoms with Gasteiger partial charge in [-0.05, 0) is 5.56 Å². The molecule has 0 aliphatic carbocycles. The summed E-state index contributed by atoms with van der Waals surface area (Å²) in [5.74, 6) is -0.165. The first-order valence-electron chi connectivity index (χ1n) is 6.08. The number of hydrogen-bond acceptors (Lipinski definition) is 4. The van der Waals surface area contributed by atoms with Crippen LogP contribution >= 0.6 is 0 Å². The third-order valence-electron chi connectivity index (χ3n) is 2.95. The van der Waals surface area contributed by atoms with E-state index < -0.39 is 0 Å². The fourth-order valence-corrected chi connectivity index (χ4v) is 1.95. The van der Waals surface area contributed by atoms with Gasteiger partial charge in [-0.1, -0.05) is 36.4 Å². The molecule has 0 saturated heterocycles. The van der Waals surface area contributed by atoms with Crippen molar-refractivity contribution in [2.24, 2.45) is 0 Å². The highest BCUT2D eigenvalue weighted by Gasteiger charge is 2.17. The minimum Gasteiger partial charge on any atom is -0.469 e. The van der Waals surface area contributed by atoms with Gasteiger partial charge in [0.25, 0.3) is 0 Å². The van der Waals surface area contributed by atoms with Crippen molar-refractivity contribution < 1.29 is 9.53 Å². The Kier molecular flexibility index (Phi) is 4.36. The first-order chi connectivity index (χ1) is 8.79. The highest BCUT2D eigenvalue weighted by atomic mass is 16.5. The number of carbonyl (C=O) groups excluding carboxylic acids is 1. The summed E-state index contributed by atoms with van der Waals surface area (Å²) in [6.45, 7) is 2.37. The lowest BCUT2D eigenvalue weighted by Crippen LogP contribution is -2.36. The molecule has 1 aliphatic heterocycles. The molecule has 2 rings (SSSR count). The molecule has 0 bridgehead atoms. The molecule has 0 fully saturated rings. The molecule has 0 saturated carbocycles. The predicted molar refractivity (Wildman–Crippen MR) is 69.3 cm³/mol. The van der Waals surface area contributed by atoms with Crippen LogP contribution in [0.25, 0.3) is 0 Å². The van der Waals surface area contributed by atoms with E-state index in [1.54, 1.807) is 0 Å². The van der Waals surface area contributed by atoms with Crippen LogP contribution in [0, 0.1) is 0 Å². The van der Waals surface area contributed by atoms with Crippen molar-refractivity contribution >= 4 is 5.97 Å². The Morgan fingerprint density at radius 1 is 1.33 bits per heavy atom. The Morgan fingerprint density at radius 3 is 2.83 bits per heavy atom. The molecule has 4 heteroatoms. The Bertz CT molecular complexity index is 417. The average molecular weight is 246 g/mol. The van der Waals surface area contributed by atoms with Crippen molar-refractivity contribution in [1.82, 2.24) is 10.0 Å². The van der Waals surface area contributed by atoms with Crippen molar-refractivity contribution in [1.29, 1.82) is 0 Å². The molecule has 1 aromatic carbocycles. The topological polar surface area (TPSA) is 32.8 Å². The average Bonchev–Trinajstić information content (AvgIpc) is 2.84. The van der Waals surface area contributed by atoms with E-state index in [0.29, 0.717) is 13.0 Å². The van der Waals surface area contributed by atoms with Gasteiger partial charge in [-0.15, -0.1) is 0 Å².